The maximum atomic E-state index is 10.7. The zero-order valence-electron chi connectivity index (χ0n) is 7.59. The van der Waals surface area contributed by atoms with E-state index in [4.69, 9.17) is 30.4 Å². The van der Waals surface area contributed by atoms with Crippen molar-refractivity contribution in [3.8, 4) is 0 Å². The fraction of sp³-hybridized carbons (Fsp3) is 0.600. The van der Waals surface area contributed by atoms with Crippen LogP contribution in [0.25, 0.3) is 0 Å². The predicted molar refractivity (Wildman–Crippen MR) is 51.6 cm³/mol. The lowest BCUT2D eigenvalue weighted by Gasteiger charge is -2.11. The van der Waals surface area contributed by atoms with Crippen LogP contribution in [-0.2, 0) is 9.13 Å². The van der Waals surface area contributed by atoms with Crippen LogP contribution in [0.4, 0.5) is 0 Å². The van der Waals surface area contributed by atoms with Crippen LogP contribution in [0.2, 0.25) is 0 Å². The van der Waals surface area contributed by atoms with Gasteiger partial charge in [0.15, 0.2) is 0 Å². The number of hydrogen-bond acceptors (Lipinski definition) is 4. The van der Waals surface area contributed by atoms with Crippen LogP contribution in [0, 0.1) is 0 Å². The molecule has 0 radical (unpaired) electrons. The van der Waals surface area contributed by atoms with Gasteiger partial charge in [0.05, 0.1) is 0 Å². The second-order valence-corrected chi connectivity index (χ2v) is 6.29. The van der Waals surface area contributed by atoms with Gasteiger partial charge in [-0.1, -0.05) is 6.08 Å². The van der Waals surface area contributed by atoms with Crippen LogP contribution in [0.15, 0.2) is 11.1 Å². The van der Waals surface area contributed by atoms with E-state index in [1.807, 2.05) is 0 Å². The molecule has 0 saturated heterocycles. The summed E-state index contributed by atoms with van der Waals surface area (Å²) in [5.41, 5.74) is 4.93. The van der Waals surface area contributed by atoms with E-state index < -0.39 is 26.5 Å². The average molecular weight is 261 g/mol. The second-order valence-electron chi connectivity index (χ2n) is 2.80. The monoisotopic (exact) mass is 261 g/mol. The molecule has 15 heavy (non-hydrogen) atoms. The summed E-state index contributed by atoms with van der Waals surface area (Å²) in [5.74, 6) is 0. The van der Waals surface area contributed by atoms with Crippen LogP contribution in [-0.4, -0.2) is 30.9 Å². The second kappa shape index (κ2) is 5.34. The van der Waals surface area contributed by atoms with Gasteiger partial charge in [-0.2, -0.15) is 0 Å². The van der Waals surface area contributed by atoms with Crippen molar-refractivity contribution < 1.29 is 33.8 Å². The minimum absolute atomic E-state index is 0.0521. The Labute approximate surface area is 85.7 Å². The summed E-state index contributed by atoms with van der Waals surface area (Å²) in [6.07, 6.45) is -0.680. The standard InChI is InChI=1S/C5H13NO7P2/c6-4(7)2-1-3-5(14(8,9)10)15(11,12)13/h3-4,7H,1-2,6H2,(H2,8,9,10)(H2,11,12,13). The SMILES string of the molecule is NC(O)CCC=C(P(=O)(O)O)P(=O)(O)O. The molecule has 0 aromatic heterocycles. The Bertz CT molecular complexity index is 302. The Balaban J connectivity index is 4.83. The molecule has 1 unspecified atom stereocenters. The molecule has 1 atom stereocenters. The van der Waals surface area contributed by atoms with Crippen molar-refractivity contribution in [2.75, 3.05) is 0 Å². The summed E-state index contributed by atoms with van der Waals surface area (Å²) in [7, 11) is -9.96. The molecule has 0 bridgehead atoms. The fourth-order valence-electron chi connectivity index (χ4n) is 0.791. The van der Waals surface area contributed by atoms with Crippen molar-refractivity contribution in [3.63, 3.8) is 0 Å². The molecule has 8 nitrogen and oxygen atoms in total. The van der Waals surface area contributed by atoms with Crippen molar-refractivity contribution in [1.82, 2.24) is 0 Å². The van der Waals surface area contributed by atoms with E-state index in [0.29, 0.717) is 6.08 Å². The van der Waals surface area contributed by atoms with E-state index >= 15 is 0 Å². The lowest BCUT2D eigenvalue weighted by molar-refractivity contribution is 0.173. The van der Waals surface area contributed by atoms with Gasteiger partial charge in [0, 0.05) is 0 Å². The maximum Gasteiger partial charge on any atom is 0.364 e. The summed E-state index contributed by atoms with van der Waals surface area (Å²) in [6, 6.07) is 0. The highest BCUT2D eigenvalue weighted by molar-refractivity contribution is 7.77. The van der Waals surface area contributed by atoms with Crippen molar-refractivity contribution in [3.05, 3.63) is 11.1 Å². The zero-order valence-corrected chi connectivity index (χ0v) is 9.38. The molecule has 90 valence electrons. The third kappa shape index (κ3) is 6.19. The third-order valence-corrected chi connectivity index (χ3v) is 4.51. The first-order chi connectivity index (χ1) is 6.55. The summed E-state index contributed by atoms with van der Waals surface area (Å²) >= 11 is 0. The van der Waals surface area contributed by atoms with E-state index in [0.717, 1.165) is 0 Å². The molecular weight excluding hydrogens is 248 g/mol. The molecular formula is C5H13NO7P2. The molecule has 0 aromatic rings. The molecule has 0 amide bonds. The first kappa shape index (κ1) is 15.0. The Morgan fingerprint density at radius 3 is 1.87 bits per heavy atom. The maximum absolute atomic E-state index is 10.7. The van der Waals surface area contributed by atoms with Gasteiger partial charge in [-0.15, -0.1) is 0 Å². The summed E-state index contributed by atoms with van der Waals surface area (Å²) in [4.78, 5) is 34.5. The van der Waals surface area contributed by atoms with Crippen molar-refractivity contribution in [1.29, 1.82) is 0 Å². The number of nitrogens with two attached hydrogens (primary N) is 1. The molecule has 0 heterocycles. The third-order valence-electron chi connectivity index (χ3n) is 1.39. The van der Waals surface area contributed by atoms with Crippen LogP contribution < -0.4 is 5.73 Å². The van der Waals surface area contributed by atoms with Gasteiger partial charge in [-0.3, -0.25) is 9.13 Å². The quantitative estimate of drug-likeness (QED) is 0.278. The largest absolute Gasteiger partial charge is 0.379 e. The lowest BCUT2D eigenvalue weighted by atomic mass is 10.3. The molecule has 10 heteroatoms. The summed E-state index contributed by atoms with van der Waals surface area (Å²) < 4.78 is 21.4. The lowest BCUT2D eigenvalue weighted by Crippen LogP contribution is -2.17. The van der Waals surface area contributed by atoms with E-state index in [-0.39, 0.29) is 12.8 Å². The van der Waals surface area contributed by atoms with Crippen molar-refractivity contribution in [2.45, 2.75) is 19.1 Å². The van der Waals surface area contributed by atoms with Crippen LogP contribution >= 0.6 is 15.2 Å². The zero-order chi connectivity index (χ0) is 12.3. The number of hydrogen-bond donors (Lipinski definition) is 6. The molecule has 0 rings (SSSR count). The highest BCUT2D eigenvalue weighted by Gasteiger charge is 2.35. The highest BCUT2D eigenvalue weighted by atomic mass is 31.2. The molecule has 0 saturated carbocycles. The topological polar surface area (TPSA) is 161 Å². The van der Waals surface area contributed by atoms with E-state index in [9.17, 15) is 9.13 Å². The number of aliphatic hydroxyl groups excluding tert-OH is 1. The number of rotatable bonds is 5. The van der Waals surface area contributed by atoms with Gasteiger partial charge in [0.1, 0.15) is 11.3 Å². The minimum Gasteiger partial charge on any atom is -0.379 e. The molecule has 0 aliphatic heterocycles. The molecule has 0 fully saturated rings. The molecule has 0 aromatic carbocycles. The van der Waals surface area contributed by atoms with E-state index in [1.54, 1.807) is 0 Å². The van der Waals surface area contributed by atoms with Crippen LogP contribution in [0.5, 0.6) is 0 Å². The van der Waals surface area contributed by atoms with Gasteiger partial charge in [0.2, 0.25) is 0 Å². The Hall–Kier alpha value is -0.0400. The molecule has 7 N–H and O–H groups in total. The highest BCUT2D eigenvalue weighted by Crippen LogP contribution is 2.63. The molecule has 0 spiro atoms. The number of aliphatic hydroxyl groups is 1. The predicted octanol–water partition coefficient (Wildman–Crippen LogP) is -0.760. The average Bonchev–Trinajstić information content (AvgIpc) is 1.92. The van der Waals surface area contributed by atoms with Crippen molar-refractivity contribution >= 4 is 15.2 Å². The first-order valence-corrected chi connectivity index (χ1v) is 7.03. The van der Waals surface area contributed by atoms with Gasteiger partial charge in [0.25, 0.3) is 0 Å². The minimum atomic E-state index is -4.98. The first-order valence-electron chi connectivity index (χ1n) is 3.81. The summed E-state index contributed by atoms with van der Waals surface area (Å²) in [6.45, 7) is 0. The Morgan fingerprint density at radius 1 is 1.20 bits per heavy atom. The number of allylic oxidation sites excluding steroid dienone is 1. The molecule has 0 aliphatic rings. The van der Waals surface area contributed by atoms with Gasteiger partial charge >= 0.3 is 15.2 Å². The van der Waals surface area contributed by atoms with Gasteiger partial charge in [-0.25, -0.2) is 0 Å². The normalized spacial score (nSPS) is 14.8. The van der Waals surface area contributed by atoms with Crippen LogP contribution in [0.1, 0.15) is 12.8 Å². The van der Waals surface area contributed by atoms with Gasteiger partial charge < -0.3 is 30.4 Å². The van der Waals surface area contributed by atoms with E-state index in [1.165, 1.54) is 0 Å². The van der Waals surface area contributed by atoms with Gasteiger partial charge in [-0.05, 0) is 12.8 Å². The Kier molecular flexibility index (Phi) is 5.32. The van der Waals surface area contributed by atoms with E-state index in [2.05, 4.69) is 0 Å². The van der Waals surface area contributed by atoms with Crippen LogP contribution in [0.3, 0.4) is 0 Å². The van der Waals surface area contributed by atoms with Crippen molar-refractivity contribution in [2.24, 2.45) is 5.73 Å². The Morgan fingerprint density at radius 2 is 1.60 bits per heavy atom. The summed E-state index contributed by atoms with van der Waals surface area (Å²) in [5, 5.41) is 7.39. The molecule has 0 aliphatic carbocycles. The smallest absolute Gasteiger partial charge is 0.364 e. The fourth-order valence-corrected chi connectivity index (χ4v) is 2.88.